The van der Waals surface area contributed by atoms with Gasteiger partial charge in [-0.25, -0.2) is 0 Å². The van der Waals surface area contributed by atoms with Crippen molar-refractivity contribution in [3.05, 3.63) is 34.9 Å². The molecule has 0 aromatic heterocycles. The number of piperidine rings is 1. The summed E-state index contributed by atoms with van der Waals surface area (Å²) in [5.41, 5.74) is 10.1. The molecule has 3 heteroatoms. The molecular weight excluding hydrogens is 248 g/mol. The molecule has 1 heterocycles. The lowest BCUT2D eigenvalue weighted by atomic mass is 9.92. The first kappa shape index (κ1) is 15.5. The fraction of sp³-hybridized carbons (Fsp3) is 0.647. The number of nitrogens with two attached hydrogens (primary N) is 1. The van der Waals surface area contributed by atoms with E-state index >= 15 is 0 Å². The van der Waals surface area contributed by atoms with E-state index in [-0.39, 0.29) is 0 Å². The van der Waals surface area contributed by atoms with Crippen molar-refractivity contribution in [1.82, 2.24) is 4.90 Å². The summed E-state index contributed by atoms with van der Waals surface area (Å²) in [7, 11) is 1.82. The Morgan fingerprint density at radius 3 is 2.70 bits per heavy atom. The summed E-state index contributed by atoms with van der Waals surface area (Å²) in [5.74, 6) is 0.634. The number of ether oxygens (including phenoxy) is 1. The van der Waals surface area contributed by atoms with Gasteiger partial charge in [-0.05, 0) is 49.4 Å². The third kappa shape index (κ3) is 3.22. The summed E-state index contributed by atoms with van der Waals surface area (Å²) >= 11 is 0. The number of methoxy groups -OCH3 is 1. The highest BCUT2D eigenvalue weighted by molar-refractivity contribution is 5.32. The van der Waals surface area contributed by atoms with E-state index < -0.39 is 0 Å². The highest BCUT2D eigenvalue weighted by atomic mass is 16.5. The average molecular weight is 276 g/mol. The molecule has 0 radical (unpaired) electrons. The van der Waals surface area contributed by atoms with Gasteiger partial charge in [0.25, 0.3) is 0 Å². The first-order valence-corrected chi connectivity index (χ1v) is 7.60. The number of hydrogen-bond acceptors (Lipinski definition) is 3. The number of likely N-dealkylation sites (tertiary alicyclic amines) is 1. The van der Waals surface area contributed by atoms with E-state index in [4.69, 9.17) is 10.5 Å². The maximum atomic E-state index is 6.06. The highest BCUT2D eigenvalue weighted by Gasteiger charge is 2.30. The number of hydrogen-bond donors (Lipinski definition) is 1. The Kier molecular flexibility index (Phi) is 5.19. The van der Waals surface area contributed by atoms with Crippen LogP contribution in [0.5, 0.6) is 0 Å². The van der Waals surface area contributed by atoms with Gasteiger partial charge in [0.1, 0.15) is 0 Å². The van der Waals surface area contributed by atoms with E-state index in [1.807, 2.05) is 7.11 Å². The topological polar surface area (TPSA) is 38.5 Å². The second-order valence-electron chi connectivity index (χ2n) is 6.13. The molecule has 1 aliphatic rings. The van der Waals surface area contributed by atoms with E-state index in [1.54, 1.807) is 0 Å². The first-order valence-electron chi connectivity index (χ1n) is 7.60. The molecule has 1 fully saturated rings. The molecule has 3 unspecified atom stereocenters. The summed E-state index contributed by atoms with van der Waals surface area (Å²) in [6.45, 7) is 9.34. The van der Waals surface area contributed by atoms with Gasteiger partial charge in [-0.1, -0.05) is 25.1 Å². The lowest BCUT2D eigenvalue weighted by Gasteiger charge is -2.40. The molecular formula is C17H28N2O. The molecule has 0 spiro atoms. The van der Waals surface area contributed by atoms with Gasteiger partial charge in [0.05, 0.1) is 6.10 Å². The highest BCUT2D eigenvalue weighted by Crippen LogP contribution is 2.28. The minimum Gasteiger partial charge on any atom is -0.380 e. The fourth-order valence-electron chi connectivity index (χ4n) is 3.12. The summed E-state index contributed by atoms with van der Waals surface area (Å²) in [5, 5.41) is 0. The zero-order valence-corrected chi connectivity index (χ0v) is 13.2. The molecule has 1 aromatic carbocycles. The van der Waals surface area contributed by atoms with Crippen molar-refractivity contribution in [3.63, 3.8) is 0 Å². The average Bonchev–Trinajstić information content (AvgIpc) is 2.45. The minimum atomic E-state index is 0.305. The van der Waals surface area contributed by atoms with Gasteiger partial charge in [0, 0.05) is 26.2 Å². The predicted molar refractivity (Wildman–Crippen MR) is 83.9 cm³/mol. The van der Waals surface area contributed by atoms with Crippen LogP contribution in [0.15, 0.2) is 18.2 Å². The van der Waals surface area contributed by atoms with E-state index in [0.717, 1.165) is 13.1 Å². The van der Waals surface area contributed by atoms with Crippen LogP contribution >= 0.6 is 0 Å². The van der Waals surface area contributed by atoms with Gasteiger partial charge in [0.15, 0.2) is 0 Å². The fourth-order valence-corrected chi connectivity index (χ4v) is 3.12. The molecule has 1 aliphatic heterocycles. The molecule has 1 aromatic rings. The minimum absolute atomic E-state index is 0.305. The number of aryl methyl sites for hydroxylation is 2. The van der Waals surface area contributed by atoms with Crippen molar-refractivity contribution < 1.29 is 4.74 Å². The van der Waals surface area contributed by atoms with Gasteiger partial charge >= 0.3 is 0 Å². The smallest absolute Gasteiger partial charge is 0.0724 e. The van der Waals surface area contributed by atoms with Crippen LogP contribution < -0.4 is 5.73 Å². The maximum Gasteiger partial charge on any atom is 0.0724 e. The van der Waals surface area contributed by atoms with Gasteiger partial charge in [0.2, 0.25) is 0 Å². The van der Waals surface area contributed by atoms with Crippen LogP contribution in [0.2, 0.25) is 0 Å². The summed E-state index contributed by atoms with van der Waals surface area (Å²) in [6, 6.07) is 7.01. The molecule has 1 saturated heterocycles. The first-order chi connectivity index (χ1) is 9.56. The molecule has 2 N–H and O–H groups in total. The van der Waals surface area contributed by atoms with Crippen LogP contribution in [0.25, 0.3) is 0 Å². The standard InChI is InChI=1S/C17H28N2O/c1-12-5-6-15(9-14(12)3)16(10-18)19-8-7-13(2)17(11-19)20-4/h5-6,9,13,16-17H,7-8,10-11,18H2,1-4H3. The van der Waals surface area contributed by atoms with Crippen molar-refractivity contribution in [2.24, 2.45) is 11.7 Å². The third-order valence-electron chi connectivity index (χ3n) is 4.80. The zero-order chi connectivity index (χ0) is 14.7. The Labute approximate surface area is 123 Å². The van der Waals surface area contributed by atoms with E-state index in [2.05, 4.69) is 43.9 Å². The predicted octanol–water partition coefficient (Wildman–Crippen LogP) is 2.66. The van der Waals surface area contributed by atoms with Crippen molar-refractivity contribution in [2.75, 3.05) is 26.7 Å². The molecule has 0 saturated carbocycles. The molecule has 3 atom stereocenters. The second kappa shape index (κ2) is 6.70. The largest absolute Gasteiger partial charge is 0.380 e. The van der Waals surface area contributed by atoms with Crippen molar-refractivity contribution >= 4 is 0 Å². The third-order valence-corrected chi connectivity index (χ3v) is 4.80. The van der Waals surface area contributed by atoms with E-state index in [1.165, 1.54) is 23.1 Å². The molecule has 3 nitrogen and oxygen atoms in total. The molecule has 20 heavy (non-hydrogen) atoms. The zero-order valence-electron chi connectivity index (χ0n) is 13.2. The van der Waals surface area contributed by atoms with Crippen LogP contribution in [0.3, 0.4) is 0 Å². The van der Waals surface area contributed by atoms with Crippen LogP contribution in [-0.4, -0.2) is 37.7 Å². The van der Waals surface area contributed by atoms with Crippen LogP contribution in [-0.2, 0) is 4.74 Å². The molecule has 0 bridgehead atoms. The summed E-state index contributed by atoms with van der Waals surface area (Å²) < 4.78 is 5.62. The normalized spacial score (nSPS) is 25.6. The Hall–Kier alpha value is -0.900. The second-order valence-corrected chi connectivity index (χ2v) is 6.13. The van der Waals surface area contributed by atoms with Gasteiger partial charge in [-0.3, -0.25) is 4.90 Å². The number of benzene rings is 1. The summed E-state index contributed by atoms with van der Waals surface area (Å²) in [4.78, 5) is 2.48. The Balaban J connectivity index is 2.17. The van der Waals surface area contributed by atoms with Gasteiger partial charge in [-0.2, -0.15) is 0 Å². The van der Waals surface area contributed by atoms with Crippen molar-refractivity contribution in [1.29, 1.82) is 0 Å². The monoisotopic (exact) mass is 276 g/mol. The molecule has 112 valence electrons. The lowest BCUT2D eigenvalue weighted by Crippen LogP contribution is -2.47. The van der Waals surface area contributed by atoms with Crippen LogP contribution in [0, 0.1) is 19.8 Å². The molecule has 0 aliphatic carbocycles. The number of nitrogens with zero attached hydrogens (tertiary/aromatic N) is 1. The molecule has 0 amide bonds. The maximum absolute atomic E-state index is 6.06. The Morgan fingerprint density at radius 2 is 2.10 bits per heavy atom. The Morgan fingerprint density at radius 1 is 1.35 bits per heavy atom. The van der Waals surface area contributed by atoms with E-state index in [9.17, 15) is 0 Å². The van der Waals surface area contributed by atoms with Crippen LogP contribution in [0.4, 0.5) is 0 Å². The Bertz CT molecular complexity index is 447. The van der Waals surface area contributed by atoms with Gasteiger partial charge in [-0.15, -0.1) is 0 Å². The number of rotatable bonds is 4. The summed E-state index contributed by atoms with van der Waals surface area (Å²) in [6.07, 6.45) is 1.50. The SMILES string of the molecule is COC1CN(C(CN)c2ccc(C)c(C)c2)CCC1C. The van der Waals surface area contributed by atoms with Gasteiger partial charge < -0.3 is 10.5 Å². The molecule has 2 rings (SSSR count). The van der Waals surface area contributed by atoms with Crippen molar-refractivity contribution in [3.8, 4) is 0 Å². The van der Waals surface area contributed by atoms with Crippen molar-refractivity contribution in [2.45, 2.75) is 39.3 Å². The van der Waals surface area contributed by atoms with E-state index in [0.29, 0.717) is 24.6 Å². The lowest BCUT2D eigenvalue weighted by molar-refractivity contribution is -0.0183. The van der Waals surface area contributed by atoms with Crippen LogP contribution in [0.1, 0.15) is 36.1 Å². The quantitative estimate of drug-likeness (QED) is 0.919.